The van der Waals surface area contributed by atoms with Crippen molar-refractivity contribution in [3.63, 3.8) is 0 Å². The molecule has 3 rings (SSSR count). The number of amides is 2. The van der Waals surface area contributed by atoms with Crippen LogP contribution >= 0.6 is 12.2 Å². The number of allylic oxidation sites excluding steroid dienone is 3. The minimum Gasteiger partial charge on any atom is -0.467 e. The molecule has 6 nitrogen and oxygen atoms in total. The fraction of sp³-hybridized carbons (Fsp3) is 0.250. The summed E-state index contributed by atoms with van der Waals surface area (Å²) >= 11 is 5.17. The largest absolute Gasteiger partial charge is 0.467 e. The molecular formula is C16H15N3O3S. The zero-order chi connectivity index (χ0) is 16.2. The summed E-state index contributed by atoms with van der Waals surface area (Å²) in [6.45, 7) is 0.537. The molecule has 0 spiro atoms. The minimum absolute atomic E-state index is 0.139. The highest BCUT2D eigenvalue weighted by atomic mass is 32.1. The molecule has 0 aromatic carbocycles. The molecular weight excluding hydrogens is 314 g/mol. The van der Waals surface area contributed by atoms with Crippen molar-refractivity contribution in [2.24, 2.45) is 10.9 Å². The maximum Gasteiger partial charge on any atom is 0.241 e. The highest BCUT2D eigenvalue weighted by Gasteiger charge is 2.33. The summed E-state index contributed by atoms with van der Waals surface area (Å²) in [4.78, 5) is 30.0. The SMILES string of the molecule is O=C(CCN1C(=O)C2C=CC=CC2=NC1=S)NCc1ccco1. The van der Waals surface area contributed by atoms with Gasteiger partial charge in [-0.15, -0.1) is 0 Å². The molecule has 0 bridgehead atoms. The summed E-state index contributed by atoms with van der Waals surface area (Å²) in [6, 6.07) is 3.54. The third-order valence-electron chi connectivity index (χ3n) is 3.59. The van der Waals surface area contributed by atoms with Crippen LogP contribution in [0.2, 0.25) is 0 Å². The highest BCUT2D eigenvalue weighted by Crippen LogP contribution is 2.19. The van der Waals surface area contributed by atoms with Gasteiger partial charge in [0.05, 0.1) is 24.4 Å². The number of hydrogen-bond acceptors (Lipinski definition) is 4. The van der Waals surface area contributed by atoms with E-state index in [-0.39, 0.29) is 29.9 Å². The molecule has 2 heterocycles. The van der Waals surface area contributed by atoms with Crippen LogP contribution in [0.4, 0.5) is 0 Å². The van der Waals surface area contributed by atoms with E-state index in [1.54, 1.807) is 30.5 Å². The van der Waals surface area contributed by atoms with Gasteiger partial charge in [-0.2, -0.15) is 0 Å². The van der Waals surface area contributed by atoms with E-state index < -0.39 is 5.92 Å². The van der Waals surface area contributed by atoms with Crippen molar-refractivity contribution in [1.29, 1.82) is 0 Å². The third kappa shape index (κ3) is 3.45. The van der Waals surface area contributed by atoms with Crippen molar-refractivity contribution in [2.45, 2.75) is 13.0 Å². The van der Waals surface area contributed by atoms with Gasteiger partial charge in [0.1, 0.15) is 5.76 Å². The smallest absolute Gasteiger partial charge is 0.241 e. The predicted octanol–water partition coefficient (Wildman–Crippen LogP) is 1.60. The van der Waals surface area contributed by atoms with E-state index in [1.807, 2.05) is 12.2 Å². The molecule has 7 heteroatoms. The Morgan fingerprint density at radius 1 is 1.43 bits per heavy atom. The zero-order valence-electron chi connectivity index (χ0n) is 12.3. The fourth-order valence-electron chi connectivity index (χ4n) is 2.39. The van der Waals surface area contributed by atoms with Gasteiger partial charge in [0.25, 0.3) is 0 Å². The molecule has 2 aliphatic rings. The maximum absolute atomic E-state index is 12.5. The van der Waals surface area contributed by atoms with Gasteiger partial charge >= 0.3 is 0 Å². The number of fused-ring (bicyclic) bond motifs is 1. The maximum atomic E-state index is 12.5. The van der Waals surface area contributed by atoms with Gasteiger partial charge in [-0.3, -0.25) is 14.5 Å². The topological polar surface area (TPSA) is 74.9 Å². The number of nitrogens with zero attached hydrogens (tertiary/aromatic N) is 2. The first kappa shape index (κ1) is 15.4. The number of rotatable bonds is 5. The molecule has 1 aromatic rings. The van der Waals surface area contributed by atoms with Crippen molar-refractivity contribution < 1.29 is 14.0 Å². The Morgan fingerprint density at radius 3 is 3.09 bits per heavy atom. The molecule has 1 atom stereocenters. The van der Waals surface area contributed by atoms with Crippen LogP contribution in [-0.4, -0.2) is 34.1 Å². The molecule has 23 heavy (non-hydrogen) atoms. The van der Waals surface area contributed by atoms with Gasteiger partial charge in [-0.05, 0) is 30.4 Å². The lowest BCUT2D eigenvalue weighted by Gasteiger charge is -2.30. The van der Waals surface area contributed by atoms with E-state index in [1.165, 1.54) is 4.90 Å². The average Bonchev–Trinajstić information content (AvgIpc) is 3.06. The van der Waals surface area contributed by atoms with Crippen LogP contribution in [0.15, 0.2) is 52.1 Å². The first-order chi connectivity index (χ1) is 11.1. The summed E-state index contributed by atoms with van der Waals surface area (Å²) in [5.41, 5.74) is 0.654. The molecule has 0 saturated carbocycles. The number of carbonyl (C=O) groups is 2. The van der Waals surface area contributed by atoms with Crippen molar-refractivity contribution in [2.75, 3.05) is 6.54 Å². The van der Waals surface area contributed by atoms with Gasteiger partial charge in [-0.1, -0.05) is 18.2 Å². The Kier molecular flexibility index (Phi) is 4.47. The summed E-state index contributed by atoms with van der Waals surface area (Å²) in [5, 5.41) is 2.94. The number of furan rings is 1. The van der Waals surface area contributed by atoms with Crippen molar-refractivity contribution >= 4 is 34.9 Å². The number of nitrogens with one attached hydrogen (secondary N) is 1. The van der Waals surface area contributed by atoms with Gasteiger partial charge in [0.15, 0.2) is 0 Å². The van der Waals surface area contributed by atoms with E-state index in [0.29, 0.717) is 18.0 Å². The van der Waals surface area contributed by atoms with E-state index in [2.05, 4.69) is 10.3 Å². The van der Waals surface area contributed by atoms with Crippen LogP contribution < -0.4 is 5.32 Å². The fourth-order valence-corrected chi connectivity index (χ4v) is 2.67. The Hall–Kier alpha value is -2.54. The molecule has 2 amide bonds. The summed E-state index contributed by atoms with van der Waals surface area (Å²) in [5.74, 6) is -0.0422. The number of carbonyl (C=O) groups excluding carboxylic acids is 2. The van der Waals surface area contributed by atoms with Gasteiger partial charge in [0.2, 0.25) is 16.9 Å². The summed E-state index contributed by atoms with van der Waals surface area (Å²) < 4.78 is 5.14. The van der Waals surface area contributed by atoms with E-state index in [9.17, 15) is 9.59 Å². The zero-order valence-corrected chi connectivity index (χ0v) is 13.1. The Labute approximate surface area is 138 Å². The average molecular weight is 329 g/mol. The molecule has 0 radical (unpaired) electrons. The number of thiocarbonyl (C=S) groups is 1. The number of hydrogen-bond donors (Lipinski definition) is 1. The van der Waals surface area contributed by atoms with Crippen LogP contribution in [-0.2, 0) is 16.1 Å². The summed E-state index contributed by atoms with van der Waals surface area (Å²) in [7, 11) is 0. The lowest BCUT2D eigenvalue weighted by atomic mass is 9.95. The molecule has 1 N–H and O–H groups in total. The quantitative estimate of drug-likeness (QED) is 0.833. The molecule has 1 aliphatic carbocycles. The molecule has 1 aromatic heterocycles. The van der Waals surface area contributed by atoms with Crippen LogP contribution in [0.1, 0.15) is 12.2 Å². The lowest BCUT2D eigenvalue weighted by Crippen LogP contribution is -2.47. The predicted molar refractivity (Wildman–Crippen MR) is 88.7 cm³/mol. The second-order valence-electron chi connectivity index (χ2n) is 5.14. The molecule has 1 aliphatic heterocycles. The van der Waals surface area contributed by atoms with Crippen LogP contribution in [0.5, 0.6) is 0 Å². The first-order valence-corrected chi connectivity index (χ1v) is 7.64. The molecule has 1 unspecified atom stereocenters. The normalized spacial score (nSPS) is 19.6. The first-order valence-electron chi connectivity index (χ1n) is 7.23. The standard InChI is InChI=1S/C16H15N3O3S/c20-14(17-10-11-4-3-9-22-11)7-8-19-15(21)12-5-1-2-6-13(12)18-16(19)23/h1-6,9,12H,7-8,10H2,(H,17,20). The minimum atomic E-state index is -0.405. The van der Waals surface area contributed by atoms with Crippen LogP contribution in [0, 0.1) is 5.92 Å². The molecule has 0 saturated heterocycles. The Balaban J connectivity index is 1.55. The van der Waals surface area contributed by atoms with Gasteiger partial charge < -0.3 is 9.73 Å². The van der Waals surface area contributed by atoms with E-state index in [0.717, 1.165) is 0 Å². The monoisotopic (exact) mass is 329 g/mol. The van der Waals surface area contributed by atoms with Crippen LogP contribution in [0.25, 0.3) is 0 Å². The Morgan fingerprint density at radius 2 is 2.30 bits per heavy atom. The van der Waals surface area contributed by atoms with Gasteiger partial charge in [-0.25, -0.2) is 4.99 Å². The second kappa shape index (κ2) is 6.70. The van der Waals surface area contributed by atoms with Crippen molar-refractivity contribution in [1.82, 2.24) is 10.2 Å². The second-order valence-corrected chi connectivity index (χ2v) is 5.50. The van der Waals surface area contributed by atoms with E-state index in [4.69, 9.17) is 16.6 Å². The van der Waals surface area contributed by atoms with E-state index >= 15 is 0 Å². The third-order valence-corrected chi connectivity index (χ3v) is 3.90. The molecule has 0 fully saturated rings. The van der Waals surface area contributed by atoms with Crippen LogP contribution in [0.3, 0.4) is 0 Å². The van der Waals surface area contributed by atoms with Crippen molar-refractivity contribution in [3.05, 3.63) is 48.5 Å². The Bertz CT molecular complexity index is 719. The lowest BCUT2D eigenvalue weighted by molar-refractivity contribution is -0.129. The highest BCUT2D eigenvalue weighted by molar-refractivity contribution is 7.80. The summed E-state index contributed by atoms with van der Waals surface area (Å²) in [6.07, 6.45) is 8.90. The number of aliphatic imine (C=N–C) groups is 1. The van der Waals surface area contributed by atoms with Crippen molar-refractivity contribution in [3.8, 4) is 0 Å². The van der Waals surface area contributed by atoms with Gasteiger partial charge in [0, 0.05) is 13.0 Å². The molecule has 118 valence electrons.